The number of nitrogens with zero attached hydrogens (tertiary/aromatic N) is 2. The quantitative estimate of drug-likeness (QED) is 0.822. The number of fused-ring (bicyclic) bond motifs is 1. The van der Waals surface area contributed by atoms with Crippen LogP contribution >= 0.6 is 0 Å². The van der Waals surface area contributed by atoms with E-state index in [1.165, 1.54) is 0 Å². The normalized spacial score (nSPS) is 15.7. The standard InChI is InChI=1S/C22H27N3O3/c1-13(2)28-21(27)17-11-25(20(26)16-9-7-14(3)8-10-16)12-22(5,6)18-15(4)23-24-19(17)18/h7-11,13H,12H2,1-6H3,(H,23,24). The molecule has 2 heterocycles. The molecular weight excluding hydrogens is 354 g/mol. The van der Waals surface area contributed by atoms with Gasteiger partial charge in [-0.3, -0.25) is 9.89 Å². The summed E-state index contributed by atoms with van der Waals surface area (Å²) < 4.78 is 5.44. The number of hydrogen-bond donors (Lipinski definition) is 1. The first kappa shape index (κ1) is 19.9. The Bertz CT molecular complexity index is 936. The Labute approximate surface area is 165 Å². The van der Waals surface area contributed by atoms with Crippen LogP contribution in [-0.2, 0) is 14.9 Å². The summed E-state index contributed by atoms with van der Waals surface area (Å²) in [6, 6.07) is 7.43. The van der Waals surface area contributed by atoms with Crippen LogP contribution in [0.2, 0.25) is 0 Å². The average molecular weight is 381 g/mol. The van der Waals surface area contributed by atoms with E-state index in [0.29, 0.717) is 23.4 Å². The predicted octanol–water partition coefficient (Wildman–Crippen LogP) is 3.75. The molecule has 148 valence electrons. The maximum atomic E-state index is 13.2. The fraction of sp³-hybridized carbons (Fsp3) is 0.409. The molecule has 1 aliphatic rings. The first-order valence-electron chi connectivity index (χ1n) is 9.46. The number of hydrogen-bond acceptors (Lipinski definition) is 4. The maximum absolute atomic E-state index is 13.2. The number of rotatable bonds is 3. The summed E-state index contributed by atoms with van der Waals surface area (Å²) in [5, 5.41) is 7.28. The van der Waals surface area contributed by atoms with Crippen LogP contribution < -0.4 is 0 Å². The van der Waals surface area contributed by atoms with E-state index in [2.05, 4.69) is 10.2 Å². The smallest absolute Gasteiger partial charge is 0.342 e. The van der Waals surface area contributed by atoms with Gasteiger partial charge in [-0.25, -0.2) is 4.79 Å². The van der Waals surface area contributed by atoms with Gasteiger partial charge in [-0.05, 0) is 39.8 Å². The van der Waals surface area contributed by atoms with Gasteiger partial charge in [0.05, 0.1) is 17.5 Å². The molecule has 0 fully saturated rings. The van der Waals surface area contributed by atoms with Gasteiger partial charge in [0.15, 0.2) is 0 Å². The summed E-state index contributed by atoms with van der Waals surface area (Å²) in [6.07, 6.45) is 1.33. The van der Waals surface area contributed by atoms with Crippen molar-refractivity contribution in [1.29, 1.82) is 0 Å². The maximum Gasteiger partial charge on any atom is 0.342 e. The van der Waals surface area contributed by atoms with Gasteiger partial charge in [0.25, 0.3) is 5.91 Å². The molecular formula is C22H27N3O3. The van der Waals surface area contributed by atoms with Crippen LogP contribution in [0.1, 0.15) is 60.6 Å². The minimum absolute atomic E-state index is 0.154. The molecule has 0 saturated heterocycles. The summed E-state index contributed by atoms with van der Waals surface area (Å²) >= 11 is 0. The summed E-state index contributed by atoms with van der Waals surface area (Å²) in [5.74, 6) is -0.627. The lowest BCUT2D eigenvalue weighted by Gasteiger charge is -2.29. The molecule has 1 aromatic heterocycles. The molecule has 1 aliphatic heterocycles. The van der Waals surface area contributed by atoms with Crippen LogP contribution in [0.5, 0.6) is 0 Å². The van der Waals surface area contributed by atoms with Crippen LogP contribution in [0.15, 0.2) is 30.5 Å². The highest BCUT2D eigenvalue weighted by molar-refractivity contribution is 6.17. The van der Waals surface area contributed by atoms with Crippen molar-refractivity contribution in [2.24, 2.45) is 0 Å². The highest BCUT2D eigenvalue weighted by Crippen LogP contribution is 2.36. The van der Waals surface area contributed by atoms with Gasteiger partial charge in [-0.2, -0.15) is 5.10 Å². The molecule has 0 aliphatic carbocycles. The van der Waals surface area contributed by atoms with Crippen LogP contribution in [0.25, 0.3) is 5.57 Å². The number of aromatic amines is 1. The number of esters is 1. The Kier molecular flexibility index (Phi) is 5.15. The van der Waals surface area contributed by atoms with E-state index in [0.717, 1.165) is 16.8 Å². The first-order valence-corrected chi connectivity index (χ1v) is 9.46. The van der Waals surface area contributed by atoms with E-state index in [1.54, 1.807) is 24.9 Å². The molecule has 0 saturated carbocycles. The number of benzene rings is 1. The third kappa shape index (κ3) is 3.72. The molecule has 0 bridgehead atoms. The van der Waals surface area contributed by atoms with Crippen molar-refractivity contribution in [3.05, 3.63) is 58.5 Å². The van der Waals surface area contributed by atoms with Gasteiger partial charge in [0.1, 0.15) is 5.57 Å². The summed E-state index contributed by atoms with van der Waals surface area (Å²) in [6.45, 7) is 12.0. The number of aryl methyl sites for hydroxylation is 2. The van der Waals surface area contributed by atoms with Gasteiger partial charge in [-0.15, -0.1) is 0 Å². The van der Waals surface area contributed by atoms with Crippen molar-refractivity contribution in [1.82, 2.24) is 15.1 Å². The van der Waals surface area contributed by atoms with Crippen molar-refractivity contribution < 1.29 is 14.3 Å². The predicted molar refractivity (Wildman–Crippen MR) is 108 cm³/mol. The monoisotopic (exact) mass is 381 g/mol. The van der Waals surface area contributed by atoms with E-state index in [9.17, 15) is 9.59 Å². The molecule has 6 nitrogen and oxygen atoms in total. The summed E-state index contributed by atoms with van der Waals surface area (Å²) in [4.78, 5) is 27.6. The lowest BCUT2D eigenvalue weighted by molar-refractivity contribution is -0.140. The van der Waals surface area contributed by atoms with E-state index in [1.807, 2.05) is 52.0 Å². The molecule has 0 radical (unpaired) electrons. The van der Waals surface area contributed by atoms with Gasteiger partial charge in [0, 0.05) is 29.3 Å². The molecule has 0 spiro atoms. The van der Waals surface area contributed by atoms with Crippen molar-refractivity contribution in [2.45, 2.75) is 53.1 Å². The topological polar surface area (TPSA) is 75.3 Å². The Balaban J connectivity index is 2.10. The van der Waals surface area contributed by atoms with Gasteiger partial charge in [0.2, 0.25) is 0 Å². The number of H-pyrrole nitrogens is 1. The second-order valence-corrected chi connectivity index (χ2v) is 8.24. The van der Waals surface area contributed by atoms with Crippen LogP contribution in [0.3, 0.4) is 0 Å². The molecule has 0 unspecified atom stereocenters. The second-order valence-electron chi connectivity index (χ2n) is 8.24. The van der Waals surface area contributed by atoms with Gasteiger partial charge < -0.3 is 9.64 Å². The molecule has 1 aromatic carbocycles. The molecule has 2 aromatic rings. The molecule has 1 N–H and O–H groups in total. The number of amides is 1. The highest BCUT2D eigenvalue weighted by Gasteiger charge is 2.37. The van der Waals surface area contributed by atoms with E-state index in [4.69, 9.17) is 4.74 Å². The van der Waals surface area contributed by atoms with Crippen molar-refractivity contribution in [3.63, 3.8) is 0 Å². The molecule has 0 atom stereocenters. The highest BCUT2D eigenvalue weighted by atomic mass is 16.5. The number of ether oxygens (including phenoxy) is 1. The number of nitrogens with one attached hydrogen (secondary N) is 1. The zero-order valence-electron chi connectivity index (χ0n) is 17.3. The Morgan fingerprint density at radius 3 is 2.43 bits per heavy atom. The van der Waals surface area contributed by atoms with E-state index >= 15 is 0 Å². The van der Waals surface area contributed by atoms with E-state index < -0.39 is 11.4 Å². The minimum Gasteiger partial charge on any atom is -0.459 e. The van der Waals surface area contributed by atoms with Crippen LogP contribution in [-0.4, -0.2) is 39.6 Å². The minimum atomic E-state index is -0.473. The second kappa shape index (κ2) is 7.26. The van der Waals surface area contributed by atoms with Crippen molar-refractivity contribution >= 4 is 17.4 Å². The van der Waals surface area contributed by atoms with E-state index in [-0.39, 0.29) is 12.0 Å². The first-order chi connectivity index (χ1) is 13.1. The van der Waals surface area contributed by atoms with Crippen LogP contribution in [0, 0.1) is 13.8 Å². The Hall–Kier alpha value is -2.89. The fourth-order valence-corrected chi connectivity index (χ4v) is 3.65. The third-order valence-corrected chi connectivity index (χ3v) is 4.87. The van der Waals surface area contributed by atoms with Gasteiger partial charge >= 0.3 is 5.97 Å². The zero-order valence-corrected chi connectivity index (χ0v) is 17.3. The van der Waals surface area contributed by atoms with Crippen LogP contribution in [0.4, 0.5) is 0 Å². The number of carbonyl (C=O) groups is 2. The van der Waals surface area contributed by atoms with Crippen molar-refractivity contribution in [3.8, 4) is 0 Å². The molecule has 1 amide bonds. The molecule has 28 heavy (non-hydrogen) atoms. The fourth-order valence-electron chi connectivity index (χ4n) is 3.65. The number of aromatic nitrogens is 2. The lowest BCUT2D eigenvalue weighted by atomic mass is 9.82. The van der Waals surface area contributed by atoms with Gasteiger partial charge in [-0.1, -0.05) is 31.5 Å². The summed E-state index contributed by atoms with van der Waals surface area (Å²) in [5.41, 5.74) is 3.94. The third-order valence-electron chi connectivity index (χ3n) is 4.87. The van der Waals surface area contributed by atoms with Crippen molar-refractivity contribution in [2.75, 3.05) is 6.54 Å². The molecule has 3 rings (SSSR count). The summed E-state index contributed by atoms with van der Waals surface area (Å²) in [7, 11) is 0. The Morgan fingerprint density at radius 1 is 1.18 bits per heavy atom. The zero-order chi connectivity index (χ0) is 20.6. The largest absolute Gasteiger partial charge is 0.459 e. The average Bonchev–Trinajstić information content (AvgIpc) is 2.94. The number of carbonyl (C=O) groups excluding carboxylic acids is 2. The molecule has 6 heteroatoms. The lowest BCUT2D eigenvalue weighted by Crippen LogP contribution is -2.37. The Morgan fingerprint density at radius 2 is 1.82 bits per heavy atom. The SMILES string of the molecule is Cc1ccc(C(=O)N2C=C(C(=O)OC(C)C)c3[nH]nc(C)c3C(C)(C)C2)cc1.